The molecule has 0 aromatic heterocycles. The van der Waals surface area contributed by atoms with Crippen LogP contribution in [0.1, 0.15) is 54.4 Å². The molecular weight excluding hydrogens is 162 g/mol. The number of carbonyl (C=O) groups is 1. The molecule has 1 amide bonds. The van der Waals surface area contributed by atoms with E-state index < -0.39 is 0 Å². The zero-order chi connectivity index (χ0) is 10.7. The molecule has 0 radical (unpaired) electrons. The van der Waals surface area contributed by atoms with Gasteiger partial charge in [0, 0.05) is 12.5 Å². The molecule has 13 heavy (non-hydrogen) atoms. The van der Waals surface area contributed by atoms with Crippen molar-refractivity contribution in [2.24, 2.45) is 5.41 Å². The number of nitrogens with one attached hydrogen (secondary N) is 1. The van der Waals surface area contributed by atoms with E-state index in [4.69, 9.17) is 0 Å². The molecule has 0 spiro atoms. The van der Waals surface area contributed by atoms with Gasteiger partial charge in [0.05, 0.1) is 0 Å². The molecule has 0 rings (SSSR count). The molecule has 2 nitrogen and oxygen atoms in total. The molecule has 0 aromatic rings. The fourth-order valence-corrected chi connectivity index (χ4v) is 1.85. The highest BCUT2D eigenvalue weighted by Gasteiger charge is 2.28. The van der Waals surface area contributed by atoms with Crippen LogP contribution >= 0.6 is 0 Å². The van der Waals surface area contributed by atoms with E-state index in [1.165, 1.54) is 0 Å². The van der Waals surface area contributed by atoms with Crippen molar-refractivity contribution in [2.75, 3.05) is 0 Å². The summed E-state index contributed by atoms with van der Waals surface area (Å²) in [7, 11) is 0. The van der Waals surface area contributed by atoms with E-state index in [0.717, 1.165) is 12.8 Å². The third-order valence-electron chi connectivity index (χ3n) is 2.18. The third-order valence-corrected chi connectivity index (χ3v) is 2.18. The van der Waals surface area contributed by atoms with Gasteiger partial charge in [-0.2, -0.15) is 0 Å². The quantitative estimate of drug-likeness (QED) is 0.719. The first-order chi connectivity index (χ1) is 5.68. The van der Waals surface area contributed by atoms with Crippen LogP contribution in [-0.4, -0.2) is 11.4 Å². The fraction of sp³-hybridized carbons (Fsp3) is 0.909. The lowest BCUT2D eigenvalue weighted by molar-refractivity contribution is -0.121. The zero-order valence-electron chi connectivity index (χ0n) is 9.82. The molecule has 78 valence electrons. The number of hydrogen-bond donors (Lipinski definition) is 1. The molecule has 1 atom stereocenters. The van der Waals surface area contributed by atoms with Crippen molar-refractivity contribution in [3.63, 3.8) is 0 Å². The Bertz CT molecular complexity index is 181. The van der Waals surface area contributed by atoms with Crippen molar-refractivity contribution in [1.82, 2.24) is 5.32 Å². The van der Waals surface area contributed by atoms with Gasteiger partial charge in [-0.25, -0.2) is 0 Å². The van der Waals surface area contributed by atoms with Gasteiger partial charge in [0.15, 0.2) is 0 Å². The van der Waals surface area contributed by atoms with Crippen molar-refractivity contribution in [3.8, 4) is 0 Å². The van der Waals surface area contributed by atoms with Crippen LogP contribution in [0.15, 0.2) is 0 Å². The summed E-state index contributed by atoms with van der Waals surface area (Å²) in [6.07, 6.45) is 1.99. The fourth-order valence-electron chi connectivity index (χ4n) is 1.85. The van der Waals surface area contributed by atoms with Gasteiger partial charge in [0.25, 0.3) is 0 Å². The standard InChI is InChI=1S/C11H23NO/c1-7-11(6,12-9(2)13)8-10(3,4)5/h7-8H2,1-6H3,(H,12,13). The van der Waals surface area contributed by atoms with Crippen LogP contribution in [0.4, 0.5) is 0 Å². The average Bonchev–Trinajstić information content (AvgIpc) is 1.81. The normalized spacial score (nSPS) is 16.5. The molecule has 0 aliphatic rings. The van der Waals surface area contributed by atoms with E-state index in [1.54, 1.807) is 6.92 Å². The molecular formula is C11H23NO. The Hall–Kier alpha value is -0.530. The van der Waals surface area contributed by atoms with Crippen molar-refractivity contribution in [3.05, 3.63) is 0 Å². The van der Waals surface area contributed by atoms with Crippen LogP contribution < -0.4 is 5.32 Å². The first-order valence-electron chi connectivity index (χ1n) is 4.97. The lowest BCUT2D eigenvalue weighted by Gasteiger charge is -2.35. The monoisotopic (exact) mass is 185 g/mol. The first kappa shape index (κ1) is 12.5. The predicted molar refractivity (Wildman–Crippen MR) is 56.6 cm³/mol. The van der Waals surface area contributed by atoms with Gasteiger partial charge >= 0.3 is 0 Å². The van der Waals surface area contributed by atoms with Crippen LogP contribution in [0.3, 0.4) is 0 Å². The highest BCUT2D eigenvalue weighted by Crippen LogP contribution is 2.29. The number of rotatable bonds is 3. The van der Waals surface area contributed by atoms with Crippen LogP contribution in [-0.2, 0) is 4.79 Å². The Morgan fingerprint density at radius 1 is 1.23 bits per heavy atom. The Balaban J connectivity index is 4.36. The largest absolute Gasteiger partial charge is 0.351 e. The Morgan fingerprint density at radius 3 is 1.92 bits per heavy atom. The Labute approximate surface area is 82.1 Å². The SMILES string of the molecule is CCC(C)(CC(C)(C)C)NC(C)=O. The number of hydrogen-bond acceptors (Lipinski definition) is 1. The maximum Gasteiger partial charge on any atom is 0.217 e. The van der Waals surface area contributed by atoms with E-state index in [-0.39, 0.29) is 16.9 Å². The van der Waals surface area contributed by atoms with Crippen LogP contribution in [0.2, 0.25) is 0 Å². The van der Waals surface area contributed by atoms with Gasteiger partial charge in [-0.3, -0.25) is 4.79 Å². The maximum atomic E-state index is 11.0. The van der Waals surface area contributed by atoms with Crippen molar-refractivity contribution in [1.29, 1.82) is 0 Å². The minimum absolute atomic E-state index is 0.0515. The van der Waals surface area contributed by atoms with Gasteiger partial charge in [0.2, 0.25) is 5.91 Å². The van der Waals surface area contributed by atoms with E-state index in [1.807, 2.05) is 0 Å². The molecule has 1 N–H and O–H groups in total. The smallest absolute Gasteiger partial charge is 0.217 e. The molecule has 0 aromatic carbocycles. The third kappa shape index (κ3) is 5.67. The molecule has 2 heteroatoms. The van der Waals surface area contributed by atoms with E-state index >= 15 is 0 Å². The second-order valence-corrected chi connectivity index (χ2v) is 5.33. The number of carbonyl (C=O) groups excluding carboxylic acids is 1. The second kappa shape index (κ2) is 4.12. The van der Waals surface area contributed by atoms with Crippen molar-refractivity contribution < 1.29 is 4.79 Å². The van der Waals surface area contributed by atoms with E-state index in [0.29, 0.717) is 0 Å². The summed E-state index contributed by atoms with van der Waals surface area (Å²) >= 11 is 0. The topological polar surface area (TPSA) is 29.1 Å². The summed E-state index contributed by atoms with van der Waals surface area (Å²) < 4.78 is 0. The van der Waals surface area contributed by atoms with E-state index in [9.17, 15) is 4.79 Å². The zero-order valence-corrected chi connectivity index (χ0v) is 9.82. The number of amides is 1. The van der Waals surface area contributed by atoms with Crippen molar-refractivity contribution in [2.45, 2.75) is 59.9 Å². The average molecular weight is 185 g/mol. The molecule has 0 aliphatic carbocycles. The van der Waals surface area contributed by atoms with Crippen LogP contribution in [0, 0.1) is 5.41 Å². The minimum atomic E-state index is -0.0515. The highest BCUT2D eigenvalue weighted by atomic mass is 16.1. The van der Waals surface area contributed by atoms with Gasteiger partial charge in [0.1, 0.15) is 0 Å². The van der Waals surface area contributed by atoms with Gasteiger partial charge < -0.3 is 5.32 Å². The summed E-state index contributed by atoms with van der Waals surface area (Å²) in [4.78, 5) is 11.0. The Kier molecular flexibility index (Phi) is 3.95. The van der Waals surface area contributed by atoms with Crippen molar-refractivity contribution >= 4 is 5.91 Å². The lowest BCUT2D eigenvalue weighted by Crippen LogP contribution is -2.46. The molecule has 0 heterocycles. The molecule has 1 unspecified atom stereocenters. The summed E-state index contributed by atoms with van der Waals surface area (Å²) in [5.41, 5.74) is 0.206. The highest BCUT2D eigenvalue weighted by molar-refractivity contribution is 5.73. The summed E-state index contributed by atoms with van der Waals surface area (Å²) in [5.74, 6) is 0.0635. The summed E-state index contributed by atoms with van der Waals surface area (Å²) in [6.45, 7) is 12.4. The van der Waals surface area contributed by atoms with E-state index in [2.05, 4.69) is 39.9 Å². The van der Waals surface area contributed by atoms with Gasteiger partial charge in [-0.15, -0.1) is 0 Å². The Morgan fingerprint density at radius 2 is 1.69 bits per heavy atom. The van der Waals surface area contributed by atoms with Gasteiger partial charge in [-0.05, 0) is 25.2 Å². The molecule has 0 aliphatic heterocycles. The van der Waals surface area contributed by atoms with Crippen LogP contribution in [0.25, 0.3) is 0 Å². The second-order valence-electron chi connectivity index (χ2n) is 5.33. The predicted octanol–water partition coefficient (Wildman–Crippen LogP) is 2.73. The minimum Gasteiger partial charge on any atom is -0.351 e. The molecule has 0 saturated carbocycles. The molecule has 0 saturated heterocycles. The summed E-state index contributed by atoms with van der Waals surface area (Å²) in [5, 5.41) is 3.02. The van der Waals surface area contributed by atoms with Crippen LogP contribution in [0.5, 0.6) is 0 Å². The lowest BCUT2D eigenvalue weighted by atomic mass is 9.79. The molecule has 0 fully saturated rings. The van der Waals surface area contributed by atoms with Gasteiger partial charge in [-0.1, -0.05) is 27.7 Å². The summed E-state index contributed by atoms with van der Waals surface area (Å²) in [6, 6.07) is 0. The molecule has 0 bridgehead atoms. The maximum absolute atomic E-state index is 11.0. The first-order valence-corrected chi connectivity index (χ1v) is 4.97.